The van der Waals surface area contributed by atoms with Gasteiger partial charge in [0.1, 0.15) is 23.9 Å². The highest BCUT2D eigenvalue weighted by Crippen LogP contribution is 2.38. The third kappa shape index (κ3) is 4.00. The number of ether oxygens (including phenoxy) is 2. The summed E-state index contributed by atoms with van der Waals surface area (Å²) < 4.78 is 25.4. The van der Waals surface area contributed by atoms with E-state index in [1.165, 1.54) is 12.1 Å². The summed E-state index contributed by atoms with van der Waals surface area (Å²) in [5.41, 5.74) is 2.31. The fourth-order valence-corrected chi connectivity index (χ4v) is 3.41. The average Bonchev–Trinajstić information content (AvgIpc) is 3.00. The van der Waals surface area contributed by atoms with Crippen LogP contribution in [0.25, 0.3) is 6.08 Å². The van der Waals surface area contributed by atoms with Crippen molar-refractivity contribution < 1.29 is 18.7 Å². The van der Waals surface area contributed by atoms with Crippen LogP contribution in [0, 0.1) is 12.7 Å². The lowest BCUT2D eigenvalue weighted by Crippen LogP contribution is -2.00. The van der Waals surface area contributed by atoms with Crippen LogP contribution >= 0.6 is 23.2 Å². The summed E-state index contributed by atoms with van der Waals surface area (Å²) in [5, 5.41) is 0.930. The summed E-state index contributed by atoms with van der Waals surface area (Å²) in [5.74, 6) is 0.315. The van der Waals surface area contributed by atoms with Crippen LogP contribution in [-0.2, 0) is 6.61 Å². The van der Waals surface area contributed by atoms with E-state index in [1.54, 1.807) is 49.4 Å². The molecule has 0 radical (unpaired) electrons. The standard InChI is InChI=1S/C23H15Cl2FO3/c1-13-8-16(28-12-14-6-7-17(24)18(25)9-14)11-20-22(13)23(27)21(29-20)10-15-4-2-3-5-19(15)26/h2-11H,12H2,1H3/b21-10-. The van der Waals surface area contributed by atoms with Crippen molar-refractivity contribution in [3.63, 3.8) is 0 Å². The number of fused-ring (bicyclic) bond motifs is 1. The Balaban J connectivity index is 1.57. The SMILES string of the molecule is Cc1cc(OCc2ccc(Cl)c(Cl)c2)cc2c1C(=O)/C(=C/c1ccccc1F)O2. The highest BCUT2D eigenvalue weighted by molar-refractivity contribution is 6.42. The smallest absolute Gasteiger partial charge is 0.232 e. The second-order valence-corrected chi connectivity index (χ2v) is 7.43. The van der Waals surface area contributed by atoms with Gasteiger partial charge in [-0.3, -0.25) is 4.79 Å². The molecule has 0 bridgehead atoms. The Kier molecular flexibility index (Phi) is 5.31. The maximum Gasteiger partial charge on any atom is 0.232 e. The minimum Gasteiger partial charge on any atom is -0.489 e. The molecule has 4 rings (SSSR count). The molecule has 3 nitrogen and oxygen atoms in total. The minimum atomic E-state index is -0.422. The number of hydrogen-bond donors (Lipinski definition) is 0. The van der Waals surface area contributed by atoms with Crippen molar-refractivity contribution in [2.24, 2.45) is 0 Å². The van der Waals surface area contributed by atoms with E-state index in [2.05, 4.69) is 0 Å². The zero-order valence-corrected chi connectivity index (χ0v) is 16.9. The van der Waals surface area contributed by atoms with E-state index in [9.17, 15) is 9.18 Å². The molecule has 1 heterocycles. The third-order valence-electron chi connectivity index (χ3n) is 4.52. The second kappa shape index (κ2) is 7.90. The molecule has 6 heteroatoms. The summed E-state index contributed by atoms with van der Waals surface area (Å²) in [7, 11) is 0. The van der Waals surface area contributed by atoms with Gasteiger partial charge in [-0.2, -0.15) is 0 Å². The van der Waals surface area contributed by atoms with Crippen molar-refractivity contribution in [3.05, 3.63) is 98.5 Å². The first-order chi connectivity index (χ1) is 13.9. The van der Waals surface area contributed by atoms with E-state index in [-0.39, 0.29) is 23.7 Å². The first kappa shape index (κ1) is 19.5. The largest absolute Gasteiger partial charge is 0.489 e. The molecule has 0 unspecified atom stereocenters. The topological polar surface area (TPSA) is 35.5 Å². The Labute approximate surface area is 177 Å². The maximum absolute atomic E-state index is 13.9. The Morgan fingerprint density at radius 1 is 1.07 bits per heavy atom. The summed E-state index contributed by atoms with van der Waals surface area (Å²) >= 11 is 12.0. The van der Waals surface area contributed by atoms with Gasteiger partial charge in [-0.25, -0.2) is 4.39 Å². The maximum atomic E-state index is 13.9. The van der Waals surface area contributed by atoms with Crippen LogP contribution in [0.1, 0.15) is 27.0 Å². The van der Waals surface area contributed by atoms with Gasteiger partial charge in [-0.15, -0.1) is 0 Å². The quantitative estimate of drug-likeness (QED) is 0.437. The predicted molar refractivity (Wildman–Crippen MR) is 111 cm³/mol. The molecule has 0 saturated heterocycles. The number of Topliss-reactive ketones (excluding diaryl/α,β-unsaturated/α-hetero) is 1. The van der Waals surface area contributed by atoms with Gasteiger partial charge in [0.25, 0.3) is 0 Å². The molecule has 146 valence electrons. The lowest BCUT2D eigenvalue weighted by Gasteiger charge is -2.10. The number of benzene rings is 3. The lowest BCUT2D eigenvalue weighted by atomic mass is 10.0. The minimum absolute atomic E-state index is 0.0785. The van der Waals surface area contributed by atoms with Gasteiger partial charge < -0.3 is 9.47 Å². The monoisotopic (exact) mass is 428 g/mol. The van der Waals surface area contributed by atoms with Gasteiger partial charge in [0.2, 0.25) is 5.78 Å². The van der Waals surface area contributed by atoms with Crippen LogP contribution < -0.4 is 9.47 Å². The normalized spacial score (nSPS) is 14.1. The fraction of sp³-hybridized carbons (Fsp3) is 0.0870. The first-order valence-corrected chi connectivity index (χ1v) is 9.58. The van der Waals surface area contributed by atoms with Crippen LogP contribution in [0.4, 0.5) is 4.39 Å². The molecule has 0 N–H and O–H groups in total. The van der Waals surface area contributed by atoms with Crippen molar-refractivity contribution in [2.45, 2.75) is 13.5 Å². The molecule has 0 aliphatic carbocycles. The zero-order valence-electron chi connectivity index (χ0n) is 15.3. The third-order valence-corrected chi connectivity index (χ3v) is 5.26. The molecule has 0 spiro atoms. The molecule has 3 aromatic carbocycles. The van der Waals surface area contributed by atoms with Crippen LogP contribution in [-0.4, -0.2) is 5.78 Å². The summed E-state index contributed by atoms with van der Waals surface area (Å²) in [4.78, 5) is 12.7. The number of ketones is 1. The fourth-order valence-electron chi connectivity index (χ4n) is 3.09. The van der Waals surface area contributed by atoms with Crippen LogP contribution in [0.3, 0.4) is 0 Å². The molecule has 1 aliphatic heterocycles. The predicted octanol–water partition coefficient (Wildman–Crippen LogP) is 6.64. The van der Waals surface area contributed by atoms with Crippen LogP contribution in [0.5, 0.6) is 11.5 Å². The Morgan fingerprint density at radius 3 is 2.62 bits per heavy atom. The average molecular weight is 429 g/mol. The Hall–Kier alpha value is -2.82. The van der Waals surface area contributed by atoms with Crippen molar-refractivity contribution >= 4 is 35.1 Å². The summed E-state index contributed by atoms with van der Waals surface area (Å²) in [6, 6.07) is 14.9. The molecule has 3 aromatic rings. The van der Waals surface area contributed by atoms with Gasteiger partial charge in [0.05, 0.1) is 15.6 Å². The Morgan fingerprint density at radius 2 is 1.86 bits per heavy atom. The molecule has 0 amide bonds. The first-order valence-electron chi connectivity index (χ1n) is 8.82. The lowest BCUT2D eigenvalue weighted by molar-refractivity contribution is 0.101. The van der Waals surface area contributed by atoms with Gasteiger partial charge in [0, 0.05) is 11.6 Å². The highest BCUT2D eigenvalue weighted by Gasteiger charge is 2.30. The summed E-state index contributed by atoms with van der Waals surface area (Å²) in [6.45, 7) is 2.08. The molecule has 0 fully saturated rings. The van der Waals surface area contributed by atoms with Crippen molar-refractivity contribution in [1.82, 2.24) is 0 Å². The summed E-state index contributed by atoms with van der Waals surface area (Å²) in [6.07, 6.45) is 1.41. The molecule has 0 atom stereocenters. The number of rotatable bonds is 4. The highest BCUT2D eigenvalue weighted by atomic mass is 35.5. The number of allylic oxidation sites excluding steroid dienone is 1. The second-order valence-electron chi connectivity index (χ2n) is 6.61. The van der Waals surface area contributed by atoms with E-state index in [0.717, 1.165) is 5.56 Å². The zero-order chi connectivity index (χ0) is 20.5. The Bertz CT molecular complexity index is 1150. The molecular formula is C23H15Cl2FO3. The van der Waals surface area contributed by atoms with Crippen molar-refractivity contribution in [2.75, 3.05) is 0 Å². The van der Waals surface area contributed by atoms with Crippen LogP contribution in [0.2, 0.25) is 10.0 Å². The number of aryl methyl sites for hydroxylation is 1. The molecule has 1 aliphatic rings. The van der Waals surface area contributed by atoms with E-state index in [1.807, 2.05) is 6.07 Å². The van der Waals surface area contributed by atoms with E-state index < -0.39 is 5.82 Å². The van der Waals surface area contributed by atoms with Crippen molar-refractivity contribution in [3.8, 4) is 11.5 Å². The van der Waals surface area contributed by atoms with Gasteiger partial charge in [-0.05, 0) is 48.4 Å². The molecule has 29 heavy (non-hydrogen) atoms. The van der Waals surface area contributed by atoms with E-state index >= 15 is 0 Å². The van der Waals surface area contributed by atoms with Crippen LogP contribution in [0.15, 0.2) is 60.4 Å². The van der Waals surface area contributed by atoms with Crippen molar-refractivity contribution in [1.29, 1.82) is 0 Å². The van der Waals surface area contributed by atoms with Gasteiger partial charge >= 0.3 is 0 Å². The van der Waals surface area contributed by atoms with Gasteiger partial charge in [-0.1, -0.05) is 47.5 Å². The molecule has 0 saturated carbocycles. The molecular weight excluding hydrogens is 414 g/mol. The van der Waals surface area contributed by atoms with Gasteiger partial charge in [0.15, 0.2) is 5.76 Å². The number of carbonyl (C=O) groups is 1. The number of halogens is 3. The van der Waals surface area contributed by atoms with E-state index in [0.29, 0.717) is 32.7 Å². The van der Waals surface area contributed by atoms with E-state index in [4.69, 9.17) is 32.7 Å². The number of hydrogen-bond acceptors (Lipinski definition) is 3. The number of carbonyl (C=O) groups excluding carboxylic acids is 1. The molecule has 0 aromatic heterocycles.